The zero-order chi connectivity index (χ0) is 17.4. The predicted molar refractivity (Wildman–Crippen MR) is 91.6 cm³/mol. The second kappa shape index (κ2) is 7.14. The van der Waals surface area contributed by atoms with Crippen LogP contribution in [0, 0.1) is 5.41 Å². The van der Waals surface area contributed by atoms with Crippen LogP contribution in [0.25, 0.3) is 0 Å². The van der Waals surface area contributed by atoms with E-state index < -0.39 is 6.43 Å². The van der Waals surface area contributed by atoms with Crippen molar-refractivity contribution in [1.82, 2.24) is 14.7 Å². The highest BCUT2D eigenvalue weighted by Crippen LogP contribution is 2.42. The topological polar surface area (TPSA) is 19.0 Å². The van der Waals surface area contributed by atoms with Crippen LogP contribution in [-0.2, 0) is 4.74 Å². The molecule has 6 heteroatoms. The summed E-state index contributed by atoms with van der Waals surface area (Å²) in [5.41, 5.74) is 0.719. The van der Waals surface area contributed by atoms with Gasteiger partial charge in [-0.2, -0.15) is 0 Å². The van der Waals surface area contributed by atoms with E-state index in [9.17, 15) is 8.78 Å². The Labute approximate surface area is 145 Å². The molecule has 0 aromatic heterocycles. The molecule has 3 fully saturated rings. The van der Waals surface area contributed by atoms with Crippen LogP contribution in [-0.4, -0.2) is 91.7 Å². The van der Waals surface area contributed by atoms with Crippen LogP contribution in [0.1, 0.15) is 33.6 Å². The molecule has 3 rings (SSSR count). The second-order valence-corrected chi connectivity index (χ2v) is 8.78. The van der Waals surface area contributed by atoms with Crippen molar-refractivity contribution in [1.29, 1.82) is 0 Å². The van der Waals surface area contributed by atoms with Crippen molar-refractivity contribution in [2.45, 2.75) is 51.6 Å². The lowest BCUT2D eigenvalue weighted by molar-refractivity contribution is -0.210. The number of hydrogen-bond donors (Lipinski definition) is 0. The van der Waals surface area contributed by atoms with Crippen molar-refractivity contribution in [3.63, 3.8) is 0 Å². The van der Waals surface area contributed by atoms with E-state index in [1.165, 1.54) is 25.9 Å². The van der Waals surface area contributed by atoms with Crippen LogP contribution in [0.4, 0.5) is 8.78 Å². The molecular weight excluding hydrogens is 312 g/mol. The van der Waals surface area contributed by atoms with Gasteiger partial charge in [0.25, 0.3) is 6.43 Å². The van der Waals surface area contributed by atoms with Crippen molar-refractivity contribution >= 4 is 0 Å². The maximum Gasteiger partial charge on any atom is 0.251 e. The summed E-state index contributed by atoms with van der Waals surface area (Å²) in [6.07, 6.45) is 0.139. The van der Waals surface area contributed by atoms with Gasteiger partial charge in [0, 0.05) is 56.3 Å². The smallest absolute Gasteiger partial charge is 0.251 e. The molecule has 3 aliphatic heterocycles. The van der Waals surface area contributed by atoms with Crippen molar-refractivity contribution < 1.29 is 13.5 Å². The van der Waals surface area contributed by atoms with Gasteiger partial charge in [0.05, 0.1) is 19.8 Å². The average molecular weight is 345 g/mol. The third kappa shape index (κ3) is 4.09. The first-order valence-electron chi connectivity index (χ1n) is 9.37. The summed E-state index contributed by atoms with van der Waals surface area (Å²) < 4.78 is 30.3. The van der Waals surface area contributed by atoms with Crippen molar-refractivity contribution in [3.8, 4) is 0 Å². The van der Waals surface area contributed by atoms with E-state index in [0.29, 0.717) is 11.5 Å². The zero-order valence-corrected chi connectivity index (χ0v) is 15.4. The number of rotatable bonds is 7. The Morgan fingerprint density at radius 2 is 1.71 bits per heavy atom. The Balaban J connectivity index is 1.37. The molecule has 0 aromatic carbocycles. The Hall–Kier alpha value is -0.300. The first-order chi connectivity index (χ1) is 11.3. The number of likely N-dealkylation sites (tertiary alicyclic amines) is 1. The molecule has 140 valence electrons. The minimum absolute atomic E-state index is 0.0737. The number of nitrogens with zero attached hydrogens (tertiary/aromatic N) is 3. The molecule has 1 atom stereocenters. The Morgan fingerprint density at radius 3 is 2.21 bits per heavy atom. The minimum atomic E-state index is -2.21. The number of halogens is 2. The van der Waals surface area contributed by atoms with E-state index in [1.54, 1.807) is 0 Å². The quantitative estimate of drug-likeness (QED) is 0.704. The molecular formula is C18H33F2N3O. The lowest BCUT2D eigenvalue weighted by atomic mass is 9.74. The van der Waals surface area contributed by atoms with Crippen LogP contribution in [0.15, 0.2) is 0 Å². The molecule has 1 unspecified atom stereocenters. The fraction of sp³-hybridized carbons (Fsp3) is 1.00. The van der Waals surface area contributed by atoms with Gasteiger partial charge in [0.1, 0.15) is 0 Å². The van der Waals surface area contributed by atoms with Crippen molar-refractivity contribution in [2.75, 3.05) is 59.0 Å². The largest absolute Gasteiger partial charge is 0.380 e. The van der Waals surface area contributed by atoms with Gasteiger partial charge in [0.15, 0.2) is 0 Å². The zero-order valence-electron chi connectivity index (χ0n) is 15.4. The molecule has 3 heterocycles. The van der Waals surface area contributed by atoms with E-state index >= 15 is 0 Å². The predicted octanol–water partition coefficient (Wildman–Crippen LogP) is 2.15. The molecule has 0 aliphatic carbocycles. The van der Waals surface area contributed by atoms with Crippen LogP contribution >= 0.6 is 0 Å². The van der Waals surface area contributed by atoms with Gasteiger partial charge >= 0.3 is 0 Å². The lowest BCUT2D eigenvalue weighted by Gasteiger charge is -2.60. The average Bonchev–Trinajstić information content (AvgIpc) is 2.42. The SMILES string of the molecule is CC(CCC(C)(C)N1CC2(COC2)C1)N1CCN(CC(F)F)CC1. The number of ether oxygens (including phenoxy) is 1. The third-order valence-electron chi connectivity index (χ3n) is 6.33. The number of hydrogen-bond acceptors (Lipinski definition) is 4. The third-order valence-corrected chi connectivity index (χ3v) is 6.33. The molecule has 0 radical (unpaired) electrons. The standard InChI is InChI=1S/C18H33F2N3O/c1-15(22-8-6-21(7-9-22)10-16(19)20)4-5-17(2,3)23-11-18(12-23)13-24-14-18/h15-16H,4-14H2,1-3H3. The minimum Gasteiger partial charge on any atom is -0.380 e. The lowest BCUT2D eigenvalue weighted by Crippen LogP contribution is -2.70. The number of alkyl halides is 2. The summed E-state index contributed by atoms with van der Waals surface area (Å²) in [5, 5.41) is 0. The highest BCUT2D eigenvalue weighted by molar-refractivity contribution is 5.04. The molecule has 4 nitrogen and oxygen atoms in total. The Kier molecular flexibility index (Phi) is 5.50. The molecule has 3 saturated heterocycles. The summed E-state index contributed by atoms with van der Waals surface area (Å²) in [4.78, 5) is 6.95. The first-order valence-corrected chi connectivity index (χ1v) is 9.37. The van der Waals surface area contributed by atoms with Crippen LogP contribution in [0.2, 0.25) is 0 Å². The summed E-state index contributed by atoms with van der Waals surface area (Å²) in [5.74, 6) is 0. The van der Waals surface area contributed by atoms with Gasteiger partial charge < -0.3 is 4.74 Å². The molecule has 3 aliphatic rings. The fourth-order valence-corrected chi connectivity index (χ4v) is 4.25. The summed E-state index contributed by atoms with van der Waals surface area (Å²) in [6, 6.07) is 0.528. The van der Waals surface area contributed by atoms with Gasteiger partial charge in [-0.1, -0.05) is 0 Å². The first kappa shape index (κ1) is 18.5. The van der Waals surface area contributed by atoms with E-state index in [-0.39, 0.29) is 12.1 Å². The Bertz CT molecular complexity index is 412. The summed E-state index contributed by atoms with van der Waals surface area (Å²) >= 11 is 0. The van der Waals surface area contributed by atoms with Gasteiger partial charge in [-0.25, -0.2) is 8.78 Å². The summed E-state index contributed by atoms with van der Waals surface area (Å²) in [6.45, 7) is 14.5. The van der Waals surface area contributed by atoms with Crippen LogP contribution in [0.5, 0.6) is 0 Å². The second-order valence-electron chi connectivity index (χ2n) is 8.78. The summed E-state index contributed by atoms with van der Waals surface area (Å²) in [7, 11) is 0. The van der Waals surface area contributed by atoms with Crippen LogP contribution in [0.3, 0.4) is 0 Å². The highest BCUT2D eigenvalue weighted by atomic mass is 19.3. The molecule has 0 amide bonds. The van der Waals surface area contributed by atoms with E-state index in [4.69, 9.17) is 4.74 Å². The van der Waals surface area contributed by atoms with Crippen LogP contribution < -0.4 is 0 Å². The monoisotopic (exact) mass is 345 g/mol. The van der Waals surface area contributed by atoms with Crippen molar-refractivity contribution in [3.05, 3.63) is 0 Å². The number of piperazine rings is 1. The van der Waals surface area contributed by atoms with Gasteiger partial charge in [-0.05, 0) is 33.6 Å². The Morgan fingerprint density at radius 1 is 1.08 bits per heavy atom. The van der Waals surface area contributed by atoms with Gasteiger partial charge in [-0.15, -0.1) is 0 Å². The molecule has 1 spiro atoms. The van der Waals surface area contributed by atoms with Gasteiger partial charge in [0.2, 0.25) is 0 Å². The van der Waals surface area contributed by atoms with E-state index in [2.05, 4.69) is 30.6 Å². The maximum absolute atomic E-state index is 12.5. The van der Waals surface area contributed by atoms with E-state index in [1.807, 2.05) is 4.90 Å². The molecule has 0 bridgehead atoms. The maximum atomic E-state index is 12.5. The van der Waals surface area contributed by atoms with E-state index in [0.717, 1.165) is 39.4 Å². The normalized spacial score (nSPS) is 27.2. The highest BCUT2D eigenvalue weighted by Gasteiger charge is 2.52. The molecule has 24 heavy (non-hydrogen) atoms. The molecule has 0 N–H and O–H groups in total. The fourth-order valence-electron chi connectivity index (χ4n) is 4.25. The molecule has 0 aromatic rings. The van der Waals surface area contributed by atoms with Crippen molar-refractivity contribution in [2.24, 2.45) is 5.41 Å². The molecule has 0 saturated carbocycles. The van der Waals surface area contributed by atoms with Gasteiger partial charge in [-0.3, -0.25) is 14.7 Å².